The molecule has 0 saturated heterocycles. The van der Waals surface area contributed by atoms with Crippen LogP contribution in [0.3, 0.4) is 0 Å². The lowest BCUT2D eigenvalue weighted by Crippen LogP contribution is -2.61. The Balaban J connectivity index is 1.52. The zero-order chi connectivity index (χ0) is 25.0. The number of para-hydroxylation sites is 2. The molecule has 1 heterocycles. The Bertz CT molecular complexity index is 1160. The summed E-state index contributed by atoms with van der Waals surface area (Å²) in [6, 6.07) is 10.9. The maximum atomic E-state index is 13.3. The second-order valence-electron chi connectivity index (χ2n) is 8.42. The molecule has 11 nitrogen and oxygen atoms in total. The van der Waals surface area contributed by atoms with Crippen LogP contribution in [0.5, 0.6) is 0 Å². The molecule has 0 unspecified atom stereocenters. The summed E-state index contributed by atoms with van der Waals surface area (Å²) in [7, 11) is 1.51. The van der Waals surface area contributed by atoms with Crippen LogP contribution in [-0.2, 0) is 19.1 Å². The maximum Gasteiger partial charge on any atom is 0.338 e. The fourth-order valence-corrected chi connectivity index (χ4v) is 4.65. The number of fused-ring (bicyclic) bond motifs is 1. The molecule has 1 spiro atoms. The molecule has 0 radical (unpaired) electrons. The van der Waals surface area contributed by atoms with E-state index in [1.54, 1.807) is 24.3 Å². The summed E-state index contributed by atoms with van der Waals surface area (Å²) in [5.41, 5.74) is -0.0768. The Morgan fingerprint density at radius 3 is 2.66 bits per heavy atom. The maximum absolute atomic E-state index is 13.3. The Hall–Kier alpha value is -3.99. The van der Waals surface area contributed by atoms with Crippen LogP contribution in [0.15, 0.2) is 42.5 Å². The molecule has 4 rings (SSSR count). The summed E-state index contributed by atoms with van der Waals surface area (Å²) in [5.74, 6) is -1.66. The number of nitrogens with zero attached hydrogens (tertiary/aromatic N) is 2. The van der Waals surface area contributed by atoms with Gasteiger partial charge in [-0.2, -0.15) is 0 Å². The number of nitro groups is 1. The van der Waals surface area contributed by atoms with Crippen LogP contribution in [0.1, 0.15) is 36.0 Å². The third kappa shape index (κ3) is 4.67. The predicted molar refractivity (Wildman–Crippen MR) is 128 cm³/mol. The summed E-state index contributed by atoms with van der Waals surface area (Å²) in [6.07, 6.45) is 2.62. The fraction of sp³-hybridized carbons (Fsp3) is 0.375. The van der Waals surface area contributed by atoms with Gasteiger partial charge in [-0.3, -0.25) is 24.6 Å². The van der Waals surface area contributed by atoms with E-state index in [9.17, 15) is 24.5 Å². The topological polar surface area (TPSA) is 140 Å². The van der Waals surface area contributed by atoms with Gasteiger partial charge in [-0.1, -0.05) is 25.0 Å². The predicted octanol–water partition coefficient (Wildman–Crippen LogP) is 3.11. The van der Waals surface area contributed by atoms with Crippen molar-refractivity contribution in [1.82, 2.24) is 0 Å². The first-order valence-electron chi connectivity index (χ1n) is 11.3. The second kappa shape index (κ2) is 10.1. The van der Waals surface area contributed by atoms with E-state index in [4.69, 9.17) is 9.47 Å². The minimum atomic E-state index is -1.02. The number of anilines is 3. The highest BCUT2D eigenvalue weighted by atomic mass is 16.6. The molecule has 1 aliphatic heterocycles. The van der Waals surface area contributed by atoms with Crippen LogP contribution in [-0.4, -0.2) is 55.1 Å². The van der Waals surface area contributed by atoms with E-state index < -0.39 is 28.9 Å². The van der Waals surface area contributed by atoms with Crippen molar-refractivity contribution < 1.29 is 28.8 Å². The van der Waals surface area contributed by atoms with Crippen molar-refractivity contribution in [2.24, 2.45) is 0 Å². The largest absolute Gasteiger partial charge is 0.452 e. The first-order valence-corrected chi connectivity index (χ1v) is 11.3. The van der Waals surface area contributed by atoms with E-state index in [0.29, 0.717) is 37.4 Å². The molecule has 11 heteroatoms. The highest BCUT2D eigenvalue weighted by Crippen LogP contribution is 2.45. The van der Waals surface area contributed by atoms with Gasteiger partial charge in [0.05, 0.1) is 28.5 Å². The number of carbonyl (C=O) groups is 3. The van der Waals surface area contributed by atoms with Crippen LogP contribution in [0.25, 0.3) is 0 Å². The minimum Gasteiger partial charge on any atom is -0.452 e. The summed E-state index contributed by atoms with van der Waals surface area (Å²) in [4.78, 5) is 51.3. The number of hydrogen-bond donors (Lipinski definition) is 2. The number of rotatable bonds is 8. The van der Waals surface area contributed by atoms with Crippen molar-refractivity contribution in [3.05, 3.63) is 58.1 Å². The average Bonchev–Trinajstić information content (AvgIpc) is 3.33. The van der Waals surface area contributed by atoms with Gasteiger partial charge in [0, 0.05) is 19.7 Å². The van der Waals surface area contributed by atoms with Gasteiger partial charge in [0.2, 0.25) is 0 Å². The third-order valence-corrected chi connectivity index (χ3v) is 6.30. The lowest BCUT2D eigenvalue weighted by Gasteiger charge is -2.44. The van der Waals surface area contributed by atoms with E-state index in [1.807, 2.05) is 0 Å². The van der Waals surface area contributed by atoms with Gasteiger partial charge >= 0.3 is 5.97 Å². The molecule has 184 valence electrons. The van der Waals surface area contributed by atoms with E-state index in [0.717, 1.165) is 18.9 Å². The van der Waals surface area contributed by atoms with Crippen LogP contribution >= 0.6 is 0 Å². The van der Waals surface area contributed by atoms with E-state index >= 15 is 0 Å². The third-order valence-electron chi connectivity index (χ3n) is 6.30. The molecule has 1 fully saturated rings. The zero-order valence-electron chi connectivity index (χ0n) is 19.2. The van der Waals surface area contributed by atoms with Crippen LogP contribution < -0.4 is 15.5 Å². The van der Waals surface area contributed by atoms with E-state index in [-0.39, 0.29) is 22.8 Å². The second-order valence-corrected chi connectivity index (χ2v) is 8.42. The van der Waals surface area contributed by atoms with Crippen molar-refractivity contribution >= 4 is 40.5 Å². The molecule has 0 bridgehead atoms. The highest BCUT2D eigenvalue weighted by molar-refractivity contribution is 6.15. The van der Waals surface area contributed by atoms with Gasteiger partial charge in [0.15, 0.2) is 6.61 Å². The molecule has 2 aromatic rings. The molecule has 2 aliphatic rings. The number of esters is 1. The van der Waals surface area contributed by atoms with Crippen molar-refractivity contribution in [3.63, 3.8) is 0 Å². The zero-order valence-corrected chi connectivity index (χ0v) is 19.2. The molecule has 1 aliphatic carbocycles. The van der Waals surface area contributed by atoms with E-state index in [2.05, 4.69) is 10.6 Å². The van der Waals surface area contributed by atoms with Crippen molar-refractivity contribution in [1.29, 1.82) is 0 Å². The monoisotopic (exact) mass is 482 g/mol. The van der Waals surface area contributed by atoms with Gasteiger partial charge in [0.1, 0.15) is 11.2 Å². The standard InChI is InChI=1S/C24H26N4O7/c1-34-13-12-25-17-9-8-16(14-20(17)28(32)33)22(30)35-15-21(29)27-19-7-3-2-6-18(19)26-23(31)24(27)10-4-5-11-24/h2-3,6-9,14,25H,4-5,10-13,15H2,1H3,(H,26,31). The van der Waals surface area contributed by atoms with Crippen LogP contribution in [0.2, 0.25) is 0 Å². The number of methoxy groups -OCH3 is 1. The first kappa shape index (κ1) is 24.1. The van der Waals surface area contributed by atoms with Crippen molar-refractivity contribution in [3.8, 4) is 0 Å². The van der Waals surface area contributed by atoms with Crippen LogP contribution in [0.4, 0.5) is 22.7 Å². The smallest absolute Gasteiger partial charge is 0.338 e. The number of benzene rings is 2. The summed E-state index contributed by atoms with van der Waals surface area (Å²) < 4.78 is 10.2. The van der Waals surface area contributed by atoms with Crippen LogP contribution in [0, 0.1) is 10.1 Å². The summed E-state index contributed by atoms with van der Waals surface area (Å²) in [6.45, 7) is 0.0916. The number of ether oxygens (including phenoxy) is 2. The SMILES string of the molecule is COCCNc1ccc(C(=O)OCC(=O)N2c3ccccc3NC(=O)C23CCCC3)cc1[N+](=O)[O-]. The summed E-state index contributed by atoms with van der Waals surface area (Å²) in [5, 5.41) is 17.2. The molecule has 35 heavy (non-hydrogen) atoms. The van der Waals surface area contributed by atoms with Crippen molar-refractivity contribution in [2.75, 3.05) is 42.4 Å². The summed E-state index contributed by atoms with van der Waals surface area (Å²) >= 11 is 0. The molecule has 1 saturated carbocycles. The Kier molecular flexibility index (Phi) is 6.97. The lowest BCUT2D eigenvalue weighted by atomic mass is 9.90. The molecular weight excluding hydrogens is 456 g/mol. The Labute approximate surface area is 201 Å². The highest BCUT2D eigenvalue weighted by Gasteiger charge is 2.52. The quantitative estimate of drug-likeness (QED) is 0.253. The van der Waals surface area contributed by atoms with E-state index in [1.165, 1.54) is 24.1 Å². The molecule has 2 aromatic carbocycles. The number of nitrogens with one attached hydrogen (secondary N) is 2. The molecule has 0 atom stereocenters. The normalized spacial score (nSPS) is 15.9. The number of nitro benzene ring substituents is 1. The fourth-order valence-electron chi connectivity index (χ4n) is 4.65. The Morgan fingerprint density at radius 2 is 1.94 bits per heavy atom. The molecule has 0 aromatic heterocycles. The number of hydrogen-bond acceptors (Lipinski definition) is 8. The van der Waals surface area contributed by atoms with Gasteiger partial charge < -0.3 is 20.1 Å². The number of amides is 2. The first-order chi connectivity index (χ1) is 16.9. The number of carbonyl (C=O) groups excluding carboxylic acids is 3. The van der Waals surface area contributed by atoms with Gasteiger partial charge in [0.25, 0.3) is 17.5 Å². The lowest BCUT2D eigenvalue weighted by molar-refractivity contribution is -0.384. The molecular formula is C24H26N4O7. The van der Waals surface area contributed by atoms with Gasteiger partial charge in [-0.15, -0.1) is 0 Å². The Morgan fingerprint density at radius 1 is 1.20 bits per heavy atom. The molecule has 2 N–H and O–H groups in total. The minimum absolute atomic E-state index is 0.0610. The molecule has 2 amide bonds. The average molecular weight is 482 g/mol. The van der Waals surface area contributed by atoms with Crippen molar-refractivity contribution in [2.45, 2.75) is 31.2 Å². The van der Waals surface area contributed by atoms with Gasteiger partial charge in [-0.25, -0.2) is 4.79 Å². The van der Waals surface area contributed by atoms with Gasteiger partial charge in [-0.05, 0) is 37.1 Å².